The van der Waals surface area contributed by atoms with Crippen molar-refractivity contribution in [1.29, 1.82) is 0 Å². The summed E-state index contributed by atoms with van der Waals surface area (Å²) in [4.78, 5) is 0. The van der Waals surface area contributed by atoms with E-state index in [1.807, 2.05) is 5.20 Å². The van der Waals surface area contributed by atoms with Gasteiger partial charge in [-0.05, 0) is 0 Å². The fourth-order valence-corrected chi connectivity index (χ4v) is 16.3. The molecule has 0 saturated heterocycles. The van der Waals surface area contributed by atoms with Crippen molar-refractivity contribution < 1.29 is 54.0 Å². The van der Waals surface area contributed by atoms with E-state index in [1.54, 1.807) is 57.4 Å². The molecular weight excluding hydrogens is 539 g/mol. The second-order valence-corrected chi connectivity index (χ2v) is 25.7. The van der Waals surface area contributed by atoms with Crippen LogP contribution in [0.4, 0.5) is 0 Å². The Morgan fingerprint density at radius 1 is 1.10 bits per heavy atom. The van der Waals surface area contributed by atoms with E-state index in [9.17, 15) is 0 Å². The maximum Gasteiger partial charge on any atom is -1.00 e. The molecule has 0 saturated carbocycles. The van der Waals surface area contributed by atoms with E-state index >= 15 is 0 Å². The Labute approximate surface area is 213 Å². The summed E-state index contributed by atoms with van der Waals surface area (Å²) in [6.45, 7) is 18.0. The Balaban J connectivity index is 0.00000160. The summed E-state index contributed by atoms with van der Waals surface area (Å²) in [7, 11) is -4.15. The van der Waals surface area contributed by atoms with Crippen LogP contribution in [0.3, 0.4) is 0 Å². The van der Waals surface area contributed by atoms with E-state index < -0.39 is 24.5 Å². The fourth-order valence-electron chi connectivity index (χ4n) is 5.09. The molecule has 1 heterocycles. The molecule has 0 radical (unpaired) electrons. The van der Waals surface area contributed by atoms with Gasteiger partial charge >= 0.3 is 190 Å². The summed E-state index contributed by atoms with van der Waals surface area (Å²) in [5, 5.41) is 5.34. The molecule has 1 aliphatic heterocycles. The van der Waals surface area contributed by atoms with Gasteiger partial charge < -0.3 is 24.8 Å². The molecule has 0 fully saturated rings. The molecule has 7 heteroatoms. The van der Waals surface area contributed by atoms with Gasteiger partial charge in [0.05, 0.1) is 0 Å². The molecule has 30 heavy (non-hydrogen) atoms. The minimum absolute atomic E-state index is 0. The van der Waals surface area contributed by atoms with Crippen LogP contribution in [0, 0.1) is 0 Å². The van der Waals surface area contributed by atoms with Crippen LogP contribution in [0.1, 0.15) is 26.7 Å². The summed E-state index contributed by atoms with van der Waals surface area (Å²) in [5.74, 6) is 0. The third-order valence-electron chi connectivity index (χ3n) is 6.70. The molecule has 1 nitrogen and oxygen atoms in total. The minimum atomic E-state index is -1.52. The third-order valence-corrected chi connectivity index (χ3v) is 16.7. The van der Waals surface area contributed by atoms with Crippen molar-refractivity contribution in [3.05, 3.63) is 57.4 Å². The van der Waals surface area contributed by atoms with Crippen molar-refractivity contribution in [3.63, 3.8) is 0 Å². The molecule has 2 aliphatic carbocycles. The van der Waals surface area contributed by atoms with Gasteiger partial charge in [-0.25, -0.2) is 0 Å². The van der Waals surface area contributed by atoms with Crippen LogP contribution in [-0.2, 0) is 29.1 Å². The number of hydrogen-bond donors (Lipinski definition) is 0. The first kappa shape index (κ1) is 26.8. The minimum Gasteiger partial charge on any atom is -1.00 e. The molecule has 1 aromatic carbocycles. The molecule has 161 valence electrons. The fraction of sp³-hybridized carbons (Fsp3) is 0.478. The Kier molecular flexibility index (Phi) is 8.07. The monoisotopic (exact) mass is 569 g/mol. The summed E-state index contributed by atoms with van der Waals surface area (Å²) in [5.41, 5.74) is 6.50. The zero-order chi connectivity index (χ0) is 20.5. The van der Waals surface area contributed by atoms with Crippen LogP contribution in [-0.4, -0.2) is 31.1 Å². The van der Waals surface area contributed by atoms with Crippen molar-refractivity contribution in [2.24, 2.45) is 0 Å². The first-order valence-electron chi connectivity index (χ1n) is 10.6. The average Bonchev–Trinajstić information content (AvgIpc) is 2.95. The van der Waals surface area contributed by atoms with Crippen molar-refractivity contribution in [2.45, 2.75) is 61.9 Å². The third kappa shape index (κ3) is 4.60. The van der Waals surface area contributed by atoms with E-state index in [1.165, 1.54) is 6.04 Å². The number of hydrogen-bond acceptors (Lipinski definition) is 1. The maximum absolute atomic E-state index is 6.23. The average molecular weight is 572 g/mol. The van der Waals surface area contributed by atoms with Gasteiger partial charge in [0.1, 0.15) is 0 Å². The molecule has 4 rings (SSSR count). The van der Waals surface area contributed by atoms with Gasteiger partial charge in [0.2, 0.25) is 0 Å². The van der Waals surface area contributed by atoms with Gasteiger partial charge in [0, 0.05) is 0 Å². The number of halogens is 2. The van der Waals surface area contributed by atoms with Gasteiger partial charge in [-0.15, -0.1) is 0 Å². The first-order chi connectivity index (χ1) is 13.0. The van der Waals surface area contributed by atoms with Crippen LogP contribution >= 0.6 is 0 Å². The number of benzene rings is 1. The molecule has 0 aromatic heterocycles. The normalized spacial score (nSPS) is 21.3. The summed E-state index contributed by atoms with van der Waals surface area (Å²) in [6.07, 6.45) is 5.99. The van der Waals surface area contributed by atoms with E-state index in [0.717, 1.165) is 16.7 Å². The summed E-state index contributed by atoms with van der Waals surface area (Å²) < 4.78 is 6.98. The van der Waals surface area contributed by atoms with E-state index in [2.05, 4.69) is 76.2 Å². The molecule has 1 atom stereocenters. The molecule has 3 aliphatic rings. The Morgan fingerprint density at radius 2 is 1.77 bits per heavy atom. The van der Waals surface area contributed by atoms with Crippen LogP contribution < -0.4 is 24.8 Å². The second-order valence-electron chi connectivity index (χ2n) is 10.7. The van der Waals surface area contributed by atoms with Gasteiger partial charge in [0.15, 0.2) is 0 Å². The predicted octanol–water partition coefficient (Wildman–Crippen LogP) is 0.663. The van der Waals surface area contributed by atoms with Crippen LogP contribution in [0.15, 0.2) is 40.7 Å². The van der Waals surface area contributed by atoms with Crippen molar-refractivity contribution in [3.8, 4) is 0 Å². The Bertz CT molecular complexity index is 942. The zero-order valence-electron chi connectivity index (χ0n) is 19.2. The SMILES string of the molecule is C[Si](C)(C)OCC[Si](C)(C)C1=C(c2cccc3c2C2=C([CH]3[Zr+2])[Si]2(C)C)CC=C1.[Cl-].[Cl-]. The van der Waals surface area contributed by atoms with E-state index in [-0.39, 0.29) is 24.8 Å². The molecular formula is C23H33Cl2OSi3Zr. The Hall–Kier alpha value is 0.514. The van der Waals surface area contributed by atoms with Crippen LogP contribution in [0.5, 0.6) is 0 Å². The number of allylic oxidation sites excluding steroid dienone is 5. The topological polar surface area (TPSA) is 9.23 Å². The molecule has 1 aromatic rings. The number of rotatable bonds is 6. The molecule has 0 spiro atoms. The standard InChI is InChI=1S/C23H33OSi3.2ClH.Zr/c1-25(2,3)24-14-15-26(4,5)20-13-9-11-18(20)19-12-8-10-17-16-21-23(22(17)19)27(21,6)7;;;/h8-10,12-13,16H,11,14-15H2,1-7H3;2*1H;/q;;;+2/p-2. The van der Waals surface area contributed by atoms with Crippen LogP contribution in [0.2, 0.25) is 51.9 Å². The molecule has 0 N–H and O–H groups in total. The second kappa shape index (κ2) is 9.04. The summed E-state index contributed by atoms with van der Waals surface area (Å²) >= 11 is 1.67. The molecule has 1 unspecified atom stereocenters. The zero-order valence-corrected chi connectivity index (χ0v) is 26.2. The summed E-state index contributed by atoms with van der Waals surface area (Å²) in [6, 6.07) is 8.37. The van der Waals surface area contributed by atoms with E-state index in [4.69, 9.17) is 4.43 Å². The van der Waals surface area contributed by atoms with Gasteiger partial charge in [-0.3, -0.25) is 0 Å². The van der Waals surface area contributed by atoms with Crippen molar-refractivity contribution >= 4 is 35.2 Å². The van der Waals surface area contributed by atoms with Crippen LogP contribution in [0.25, 0.3) is 10.8 Å². The largest absolute Gasteiger partial charge is 1.00 e. The number of fused-ring (bicyclic) bond motifs is 2. The van der Waals surface area contributed by atoms with Crippen molar-refractivity contribution in [1.82, 2.24) is 0 Å². The van der Waals surface area contributed by atoms with E-state index in [0.29, 0.717) is 0 Å². The Morgan fingerprint density at radius 3 is 2.40 bits per heavy atom. The predicted molar refractivity (Wildman–Crippen MR) is 126 cm³/mol. The van der Waals surface area contributed by atoms with Gasteiger partial charge in [-0.1, -0.05) is 0 Å². The molecule has 0 bridgehead atoms. The quantitative estimate of drug-likeness (QED) is 0.456. The van der Waals surface area contributed by atoms with Gasteiger partial charge in [0.25, 0.3) is 0 Å². The van der Waals surface area contributed by atoms with Gasteiger partial charge in [-0.2, -0.15) is 0 Å². The first-order valence-corrected chi connectivity index (χ1v) is 21.6. The maximum atomic E-state index is 6.23. The van der Waals surface area contributed by atoms with Crippen molar-refractivity contribution in [2.75, 3.05) is 6.61 Å². The molecule has 0 amide bonds. The smallest absolute Gasteiger partial charge is 1.00 e.